The first-order valence-corrected chi connectivity index (χ1v) is 9.36. The van der Waals surface area contributed by atoms with E-state index in [9.17, 15) is 8.42 Å². The largest absolute Gasteiger partial charge is 0.251 e. The van der Waals surface area contributed by atoms with Crippen molar-refractivity contribution in [2.45, 2.75) is 17.2 Å². The van der Waals surface area contributed by atoms with Crippen molar-refractivity contribution in [1.82, 2.24) is 4.72 Å². The Morgan fingerprint density at radius 3 is 2.58 bits per heavy atom. The molecular weight excluding hydrogens is 414 g/mol. The van der Waals surface area contributed by atoms with Crippen LogP contribution in [0.25, 0.3) is 0 Å². The Morgan fingerprint density at radius 2 is 2.00 bits per heavy atom. The summed E-state index contributed by atoms with van der Waals surface area (Å²) in [5, 5.41) is 1.74. The molecule has 0 spiro atoms. The van der Waals surface area contributed by atoms with Crippen LogP contribution in [0.2, 0.25) is 0 Å². The molecule has 1 unspecified atom stereocenters. The monoisotopic (exact) mass is 423 g/mol. The molecule has 102 valence electrons. The number of benzene rings is 1. The third-order valence-electron chi connectivity index (χ3n) is 2.51. The average molecular weight is 425 g/mol. The van der Waals surface area contributed by atoms with Crippen LogP contribution in [0.4, 0.5) is 0 Å². The van der Waals surface area contributed by atoms with E-state index in [-0.39, 0.29) is 6.04 Å². The topological polar surface area (TPSA) is 46.2 Å². The highest BCUT2D eigenvalue weighted by Crippen LogP contribution is 2.29. The van der Waals surface area contributed by atoms with Gasteiger partial charge in [0.1, 0.15) is 4.21 Å². The summed E-state index contributed by atoms with van der Waals surface area (Å²) < 4.78 is 29.0. The summed E-state index contributed by atoms with van der Waals surface area (Å²) in [5.41, 5.74) is 0.908. The molecule has 2 rings (SSSR count). The van der Waals surface area contributed by atoms with Crippen molar-refractivity contribution in [1.29, 1.82) is 0 Å². The number of thiophene rings is 1. The third-order valence-corrected chi connectivity index (χ3v) is 7.21. The summed E-state index contributed by atoms with van der Waals surface area (Å²) in [6, 6.07) is 9.00. The number of sulfonamides is 1. The normalized spacial score (nSPS) is 13.4. The minimum Gasteiger partial charge on any atom is -0.206 e. The van der Waals surface area contributed by atoms with Crippen LogP contribution in [0, 0.1) is 0 Å². The quantitative estimate of drug-likeness (QED) is 0.794. The maximum absolute atomic E-state index is 12.2. The van der Waals surface area contributed by atoms with E-state index in [0.717, 1.165) is 10.0 Å². The molecule has 0 fully saturated rings. The minimum absolute atomic E-state index is 0.295. The standard InChI is InChI=1S/C12H11Br2NO2S2/c1-8(9-3-2-4-10(13)7-9)15-19(16,17)12-11(14)5-6-18-12/h2-8,15H,1H3. The van der Waals surface area contributed by atoms with E-state index in [1.807, 2.05) is 31.2 Å². The van der Waals surface area contributed by atoms with Crippen LogP contribution in [0.15, 0.2) is 48.9 Å². The highest BCUT2D eigenvalue weighted by molar-refractivity contribution is 9.10. The maximum Gasteiger partial charge on any atom is 0.251 e. The minimum atomic E-state index is -3.50. The summed E-state index contributed by atoms with van der Waals surface area (Å²) in [6.45, 7) is 1.82. The Morgan fingerprint density at radius 1 is 1.26 bits per heavy atom. The first-order chi connectivity index (χ1) is 8.90. The van der Waals surface area contributed by atoms with Crippen LogP contribution in [0.1, 0.15) is 18.5 Å². The molecule has 3 nitrogen and oxygen atoms in total. The van der Waals surface area contributed by atoms with Crippen LogP contribution >= 0.6 is 43.2 Å². The fraction of sp³-hybridized carbons (Fsp3) is 0.167. The second-order valence-corrected chi connectivity index (χ2v) is 8.55. The SMILES string of the molecule is CC(NS(=O)(=O)c1sccc1Br)c1cccc(Br)c1. The lowest BCUT2D eigenvalue weighted by Crippen LogP contribution is -2.26. The van der Waals surface area contributed by atoms with E-state index in [1.54, 1.807) is 11.4 Å². The van der Waals surface area contributed by atoms with Gasteiger partial charge in [-0.05, 0) is 52.0 Å². The van der Waals surface area contributed by atoms with E-state index in [2.05, 4.69) is 36.6 Å². The molecule has 1 atom stereocenters. The molecule has 0 saturated heterocycles. The summed E-state index contributed by atoms with van der Waals surface area (Å²) in [6.07, 6.45) is 0. The van der Waals surface area contributed by atoms with Crippen LogP contribution < -0.4 is 4.72 Å². The second-order valence-electron chi connectivity index (χ2n) is 3.95. The van der Waals surface area contributed by atoms with Crippen LogP contribution in [0.3, 0.4) is 0 Å². The van der Waals surface area contributed by atoms with Crippen molar-refractivity contribution in [3.8, 4) is 0 Å². The smallest absolute Gasteiger partial charge is 0.206 e. The molecule has 1 heterocycles. The van der Waals surface area contributed by atoms with Gasteiger partial charge in [-0.1, -0.05) is 28.1 Å². The first kappa shape index (κ1) is 15.2. The lowest BCUT2D eigenvalue weighted by molar-refractivity contribution is 0.568. The van der Waals surface area contributed by atoms with Crippen molar-refractivity contribution >= 4 is 53.2 Å². The second kappa shape index (κ2) is 6.05. The highest BCUT2D eigenvalue weighted by atomic mass is 79.9. The molecule has 19 heavy (non-hydrogen) atoms. The molecule has 0 bridgehead atoms. The lowest BCUT2D eigenvalue weighted by Gasteiger charge is -2.14. The Bertz CT molecular complexity index is 683. The summed E-state index contributed by atoms with van der Waals surface area (Å²) in [7, 11) is -3.50. The maximum atomic E-state index is 12.2. The molecule has 0 aliphatic heterocycles. The van der Waals surface area contributed by atoms with Gasteiger partial charge in [0.15, 0.2) is 0 Å². The van der Waals surface area contributed by atoms with Crippen LogP contribution in [-0.2, 0) is 10.0 Å². The molecule has 0 amide bonds. The Labute approximate surface area is 133 Å². The summed E-state index contributed by atoms with van der Waals surface area (Å²) in [4.78, 5) is 0. The Hall–Kier alpha value is -0.210. The van der Waals surface area contributed by atoms with Gasteiger partial charge >= 0.3 is 0 Å². The zero-order chi connectivity index (χ0) is 14.0. The van der Waals surface area contributed by atoms with Gasteiger partial charge in [-0.3, -0.25) is 0 Å². The van der Waals surface area contributed by atoms with Crippen LogP contribution in [0.5, 0.6) is 0 Å². The van der Waals surface area contributed by atoms with Gasteiger partial charge in [-0.15, -0.1) is 11.3 Å². The summed E-state index contributed by atoms with van der Waals surface area (Å²) in [5.74, 6) is 0. The highest BCUT2D eigenvalue weighted by Gasteiger charge is 2.22. The molecular formula is C12H11Br2NO2S2. The Balaban J connectivity index is 2.24. The fourth-order valence-electron chi connectivity index (χ4n) is 1.60. The van der Waals surface area contributed by atoms with Crippen molar-refractivity contribution in [3.05, 3.63) is 50.2 Å². The van der Waals surface area contributed by atoms with Crippen LogP contribution in [-0.4, -0.2) is 8.42 Å². The molecule has 2 aromatic rings. The first-order valence-electron chi connectivity index (χ1n) is 5.41. The van der Waals surface area contributed by atoms with Crippen molar-refractivity contribution in [3.63, 3.8) is 0 Å². The van der Waals surface area contributed by atoms with E-state index >= 15 is 0 Å². The third kappa shape index (κ3) is 3.66. The van der Waals surface area contributed by atoms with E-state index < -0.39 is 10.0 Å². The van der Waals surface area contributed by atoms with Gasteiger partial charge in [0.05, 0.1) is 0 Å². The van der Waals surface area contributed by atoms with Crippen molar-refractivity contribution in [2.24, 2.45) is 0 Å². The van der Waals surface area contributed by atoms with Crippen molar-refractivity contribution < 1.29 is 8.42 Å². The van der Waals surface area contributed by atoms with E-state index in [4.69, 9.17) is 0 Å². The molecule has 1 aromatic carbocycles. The predicted molar refractivity (Wildman–Crippen MR) is 84.9 cm³/mol. The number of hydrogen-bond donors (Lipinski definition) is 1. The number of hydrogen-bond acceptors (Lipinski definition) is 3. The number of nitrogens with one attached hydrogen (secondary N) is 1. The van der Waals surface area contributed by atoms with Crippen molar-refractivity contribution in [2.75, 3.05) is 0 Å². The molecule has 7 heteroatoms. The van der Waals surface area contributed by atoms with Gasteiger partial charge in [0.25, 0.3) is 10.0 Å². The lowest BCUT2D eigenvalue weighted by atomic mass is 10.1. The molecule has 0 saturated carbocycles. The molecule has 1 aromatic heterocycles. The number of halogens is 2. The number of rotatable bonds is 4. The van der Waals surface area contributed by atoms with Gasteiger partial charge in [-0.2, -0.15) is 0 Å². The Kier molecular flexibility index (Phi) is 4.84. The van der Waals surface area contributed by atoms with Gasteiger partial charge in [-0.25, -0.2) is 13.1 Å². The molecule has 0 aliphatic carbocycles. The zero-order valence-electron chi connectivity index (χ0n) is 9.93. The van der Waals surface area contributed by atoms with Gasteiger partial charge in [0, 0.05) is 15.0 Å². The van der Waals surface area contributed by atoms with Gasteiger partial charge < -0.3 is 0 Å². The average Bonchev–Trinajstić information content (AvgIpc) is 2.75. The predicted octanol–water partition coefficient (Wildman–Crippen LogP) is 4.31. The van der Waals surface area contributed by atoms with Gasteiger partial charge in [0.2, 0.25) is 0 Å². The molecule has 0 aliphatic rings. The molecule has 1 N–H and O–H groups in total. The van der Waals surface area contributed by atoms with E-state index in [0.29, 0.717) is 8.68 Å². The summed E-state index contributed by atoms with van der Waals surface area (Å²) >= 11 is 7.81. The molecule has 0 radical (unpaired) electrons. The fourth-order valence-corrected chi connectivity index (χ4v) is 5.60. The van der Waals surface area contributed by atoms with E-state index in [1.165, 1.54) is 11.3 Å². The zero-order valence-corrected chi connectivity index (χ0v) is 14.7.